The standard InChI is InChI=1S/C34H42N4O3/c1-23(2)38-22-30(20-36-38)27-5-4-6-31(18-27)37(34(40)26-11-14-32(39)15-12-26)21-24-7-9-25(10-8-24)28-13-16-33(41-3)29(17-28)19-35/h4-6,13,16-18,20,22-26,32,39H,7-12,14-15,21H2,1-3H3. The number of aliphatic hydroxyl groups excluding tert-OH is 1. The van der Waals surface area contributed by atoms with Crippen LogP contribution in [0.3, 0.4) is 0 Å². The van der Waals surface area contributed by atoms with Crippen molar-refractivity contribution in [1.29, 1.82) is 5.26 Å². The maximum absolute atomic E-state index is 14.0. The van der Waals surface area contributed by atoms with E-state index in [4.69, 9.17) is 4.74 Å². The molecule has 5 rings (SSSR count). The fourth-order valence-electron chi connectivity index (χ4n) is 6.49. The van der Waals surface area contributed by atoms with Crippen LogP contribution >= 0.6 is 0 Å². The van der Waals surface area contributed by atoms with Crippen LogP contribution in [0, 0.1) is 23.2 Å². The van der Waals surface area contributed by atoms with Gasteiger partial charge in [0.05, 0.1) is 25.0 Å². The molecule has 0 radical (unpaired) electrons. The van der Waals surface area contributed by atoms with Gasteiger partial charge in [-0.05, 0) is 112 Å². The number of rotatable bonds is 8. The SMILES string of the molecule is COc1ccc(C2CCC(CN(C(=O)C3CCC(O)CC3)c3cccc(-c4cnn(C(C)C)c4)c3)CC2)cc1C#N. The van der Waals surface area contributed by atoms with Gasteiger partial charge in [0, 0.05) is 36.0 Å². The van der Waals surface area contributed by atoms with Gasteiger partial charge in [-0.1, -0.05) is 18.2 Å². The molecule has 0 unspecified atom stereocenters. The highest BCUT2D eigenvalue weighted by Gasteiger charge is 2.32. The number of ether oxygens (including phenoxy) is 1. The third-order valence-electron chi connectivity index (χ3n) is 9.04. The lowest BCUT2D eigenvalue weighted by atomic mass is 9.78. The first-order valence-electron chi connectivity index (χ1n) is 15.1. The number of hydrogen-bond acceptors (Lipinski definition) is 5. The van der Waals surface area contributed by atoms with Gasteiger partial charge in [-0.25, -0.2) is 0 Å². The van der Waals surface area contributed by atoms with Crippen molar-refractivity contribution >= 4 is 11.6 Å². The summed E-state index contributed by atoms with van der Waals surface area (Å²) in [6, 6.07) is 16.8. The summed E-state index contributed by atoms with van der Waals surface area (Å²) in [4.78, 5) is 16.1. The molecule has 7 nitrogen and oxygen atoms in total. The van der Waals surface area contributed by atoms with Gasteiger partial charge in [-0.3, -0.25) is 9.48 Å². The van der Waals surface area contributed by atoms with Crippen molar-refractivity contribution in [1.82, 2.24) is 9.78 Å². The van der Waals surface area contributed by atoms with Crippen molar-refractivity contribution < 1.29 is 14.6 Å². The number of carbonyl (C=O) groups excluding carboxylic acids is 1. The summed E-state index contributed by atoms with van der Waals surface area (Å²) in [6.45, 7) is 4.92. The van der Waals surface area contributed by atoms with Crippen molar-refractivity contribution in [2.24, 2.45) is 11.8 Å². The van der Waals surface area contributed by atoms with Crippen molar-refractivity contribution in [3.8, 4) is 22.9 Å². The normalized spacial score (nSPS) is 22.7. The van der Waals surface area contributed by atoms with Crippen LogP contribution in [0.15, 0.2) is 54.9 Å². The number of carbonyl (C=O) groups is 1. The van der Waals surface area contributed by atoms with Crippen molar-refractivity contribution in [3.05, 3.63) is 66.0 Å². The van der Waals surface area contributed by atoms with Gasteiger partial charge in [-0.2, -0.15) is 10.4 Å². The van der Waals surface area contributed by atoms with Crippen LogP contribution in [-0.4, -0.2) is 40.6 Å². The molecule has 1 N–H and O–H groups in total. The van der Waals surface area contributed by atoms with Gasteiger partial charge in [-0.15, -0.1) is 0 Å². The summed E-state index contributed by atoms with van der Waals surface area (Å²) in [6.07, 6.45) is 10.7. The van der Waals surface area contributed by atoms with E-state index in [2.05, 4.69) is 55.5 Å². The minimum atomic E-state index is -0.289. The Bertz CT molecular complexity index is 1370. The molecule has 216 valence electrons. The van der Waals surface area contributed by atoms with E-state index in [1.54, 1.807) is 7.11 Å². The number of aromatic nitrogens is 2. The number of nitriles is 1. The average Bonchev–Trinajstić information content (AvgIpc) is 3.51. The van der Waals surface area contributed by atoms with Crippen LogP contribution in [0.25, 0.3) is 11.1 Å². The Balaban J connectivity index is 1.34. The molecule has 0 saturated heterocycles. The molecule has 41 heavy (non-hydrogen) atoms. The molecule has 0 aliphatic heterocycles. The van der Waals surface area contributed by atoms with E-state index in [0.29, 0.717) is 42.5 Å². The quantitative estimate of drug-likeness (QED) is 0.328. The van der Waals surface area contributed by atoms with Crippen LogP contribution in [0.5, 0.6) is 5.75 Å². The minimum absolute atomic E-state index is 0.0502. The van der Waals surface area contributed by atoms with E-state index in [9.17, 15) is 15.2 Å². The highest BCUT2D eigenvalue weighted by Crippen LogP contribution is 2.39. The van der Waals surface area contributed by atoms with E-state index in [1.165, 1.54) is 5.56 Å². The van der Waals surface area contributed by atoms with Crippen molar-refractivity contribution in [2.75, 3.05) is 18.6 Å². The van der Waals surface area contributed by atoms with Crippen LogP contribution in [0.4, 0.5) is 5.69 Å². The van der Waals surface area contributed by atoms with Gasteiger partial charge in [0.1, 0.15) is 11.8 Å². The Morgan fingerprint density at radius 3 is 2.49 bits per heavy atom. The number of hydrogen-bond donors (Lipinski definition) is 1. The Morgan fingerprint density at radius 1 is 1.07 bits per heavy atom. The third kappa shape index (κ3) is 6.65. The van der Waals surface area contributed by atoms with E-state index in [0.717, 1.165) is 55.3 Å². The Hall–Kier alpha value is -3.63. The lowest BCUT2D eigenvalue weighted by Gasteiger charge is -2.36. The van der Waals surface area contributed by atoms with Crippen LogP contribution in [0.2, 0.25) is 0 Å². The largest absolute Gasteiger partial charge is 0.495 e. The number of amides is 1. The van der Waals surface area contributed by atoms with Gasteiger partial charge in [0.2, 0.25) is 5.91 Å². The molecule has 2 aliphatic carbocycles. The molecule has 0 bridgehead atoms. The zero-order valence-electron chi connectivity index (χ0n) is 24.5. The predicted octanol–water partition coefficient (Wildman–Crippen LogP) is 6.87. The molecule has 2 aliphatic rings. The summed E-state index contributed by atoms with van der Waals surface area (Å²) in [5.74, 6) is 1.57. The second-order valence-corrected chi connectivity index (χ2v) is 12.1. The topological polar surface area (TPSA) is 91.4 Å². The molecule has 1 aromatic heterocycles. The fourth-order valence-corrected chi connectivity index (χ4v) is 6.49. The molecule has 0 spiro atoms. The monoisotopic (exact) mass is 554 g/mol. The Morgan fingerprint density at radius 2 is 1.83 bits per heavy atom. The molecule has 0 atom stereocenters. The summed E-state index contributed by atoms with van der Waals surface area (Å²) in [5.41, 5.74) is 4.82. The lowest BCUT2D eigenvalue weighted by molar-refractivity contribution is -0.124. The lowest BCUT2D eigenvalue weighted by Crippen LogP contribution is -2.41. The first-order chi connectivity index (χ1) is 19.9. The molecular weight excluding hydrogens is 512 g/mol. The molecule has 1 amide bonds. The maximum Gasteiger partial charge on any atom is 0.230 e. The third-order valence-corrected chi connectivity index (χ3v) is 9.04. The summed E-state index contributed by atoms with van der Waals surface area (Å²) < 4.78 is 7.29. The molecule has 7 heteroatoms. The molecular formula is C34H42N4O3. The highest BCUT2D eigenvalue weighted by molar-refractivity contribution is 5.95. The number of methoxy groups -OCH3 is 1. The second-order valence-electron chi connectivity index (χ2n) is 12.1. The van der Waals surface area contributed by atoms with Crippen LogP contribution < -0.4 is 9.64 Å². The van der Waals surface area contributed by atoms with E-state index in [-0.39, 0.29) is 24.0 Å². The molecule has 1 heterocycles. The van der Waals surface area contributed by atoms with Gasteiger partial charge in [0.25, 0.3) is 0 Å². The Kier molecular flexibility index (Phi) is 9.09. The van der Waals surface area contributed by atoms with Crippen molar-refractivity contribution in [3.63, 3.8) is 0 Å². The zero-order valence-corrected chi connectivity index (χ0v) is 24.5. The minimum Gasteiger partial charge on any atom is -0.495 e. The molecule has 2 aromatic carbocycles. The fraction of sp³-hybridized carbons (Fsp3) is 0.500. The van der Waals surface area contributed by atoms with Crippen molar-refractivity contribution in [2.45, 2.75) is 83.3 Å². The second kappa shape index (κ2) is 12.9. The molecule has 2 saturated carbocycles. The number of nitrogens with zero attached hydrogens (tertiary/aromatic N) is 4. The van der Waals surface area contributed by atoms with E-state index >= 15 is 0 Å². The first kappa shape index (κ1) is 28.9. The molecule has 2 fully saturated rings. The summed E-state index contributed by atoms with van der Waals surface area (Å²) >= 11 is 0. The zero-order chi connectivity index (χ0) is 28.9. The van der Waals surface area contributed by atoms with Gasteiger partial charge >= 0.3 is 0 Å². The van der Waals surface area contributed by atoms with Gasteiger partial charge in [0.15, 0.2) is 0 Å². The van der Waals surface area contributed by atoms with Crippen LogP contribution in [-0.2, 0) is 4.79 Å². The van der Waals surface area contributed by atoms with Gasteiger partial charge < -0.3 is 14.7 Å². The summed E-state index contributed by atoms with van der Waals surface area (Å²) in [7, 11) is 1.60. The number of anilines is 1. The Labute approximate surface area is 243 Å². The predicted molar refractivity (Wildman–Crippen MR) is 161 cm³/mol. The van der Waals surface area contributed by atoms with E-state index in [1.807, 2.05) is 34.0 Å². The van der Waals surface area contributed by atoms with E-state index < -0.39 is 0 Å². The summed E-state index contributed by atoms with van der Waals surface area (Å²) in [5, 5.41) is 24.1. The smallest absolute Gasteiger partial charge is 0.230 e. The maximum atomic E-state index is 14.0. The molecule has 3 aromatic rings. The number of aliphatic hydroxyl groups is 1. The average molecular weight is 555 g/mol. The highest BCUT2D eigenvalue weighted by atomic mass is 16.5. The van der Waals surface area contributed by atoms with Crippen LogP contribution in [0.1, 0.15) is 88.3 Å². The first-order valence-corrected chi connectivity index (χ1v) is 15.1. The number of benzene rings is 2.